The Kier molecular flexibility index (Phi) is 7.62. The van der Waals surface area contributed by atoms with Crippen LogP contribution < -0.4 is 5.56 Å². The van der Waals surface area contributed by atoms with E-state index >= 15 is 0 Å². The van der Waals surface area contributed by atoms with Gasteiger partial charge < -0.3 is 14.2 Å². The number of imidazole rings is 1. The molecular weight excluding hydrogens is 547 g/mol. The molecule has 0 unspecified atom stereocenters. The Hall–Kier alpha value is -3.32. The quantitative estimate of drug-likeness (QED) is 0.259. The maximum Gasteiger partial charge on any atom is 0.417 e. The Bertz CT molecular complexity index is 1490. The number of benzene rings is 1. The first kappa shape index (κ1) is 27.7. The van der Waals surface area contributed by atoms with Crippen LogP contribution in [0.1, 0.15) is 51.6 Å². The Labute approximate surface area is 224 Å². The van der Waals surface area contributed by atoms with Gasteiger partial charge in [-0.15, -0.1) is 0 Å². The molecule has 9 nitrogen and oxygen atoms in total. The van der Waals surface area contributed by atoms with Crippen molar-refractivity contribution in [2.75, 3.05) is 12.9 Å². The molecule has 1 aromatic carbocycles. The molecule has 0 radical (unpaired) electrons. The van der Waals surface area contributed by atoms with Gasteiger partial charge in [-0.3, -0.25) is 9.59 Å². The second-order valence-electron chi connectivity index (χ2n) is 8.56. The molecule has 0 aliphatic carbocycles. The molecule has 0 fully saturated rings. The topological polar surface area (TPSA) is 99.3 Å². The molecule has 0 saturated carbocycles. The highest BCUT2D eigenvalue weighted by atomic mass is 35.5. The van der Waals surface area contributed by atoms with Crippen LogP contribution in [0, 0.1) is 0 Å². The van der Waals surface area contributed by atoms with Crippen LogP contribution >= 0.6 is 23.4 Å². The first-order valence-electron chi connectivity index (χ1n) is 11.4. The number of esters is 1. The fraction of sp³-hybridized carbons (Fsp3) is 0.375. The monoisotopic (exact) mass is 569 g/mol. The zero-order valence-corrected chi connectivity index (χ0v) is 22.4. The Morgan fingerprint density at radius 3 is 2.63 bits per heavy atom. The summed E-state index contributed by atoms with van der Waals surface area (Å²) in [4.78, 5) is 49.2. The molecule has 1 aliphatic heterocycles. The van der Waals surface area contributed by atoms with Crippen molar-refractivity contribution >= 4 is 35.2 Å². The Balaban J connectivity index is 1.73. The van der Waals surface area contributed by atoms with Crippen LogP contribution in [0.15, 0.2) is 34.3 Å². The SMILES string of the molecule is CCOC(=O)c1ncc(-n2c(SC)nc3c(c2=O)C[C@@H](C)N(C(=O)c2ccc(Cl)c(C(F)(F)F)c2)C3)n1C. The van der Waals surface area contributed by atoms with Crippen molar-refractivity contribution in [2.24, 2.45) is 7.05 Å². The summed E-state index contributed by atoms with van der Waals surface area (Å²) in [7, 11) is 1.58. The molecule has 202 valence electrons. The summed E-state index contributed by atoms with van der Waals surface area (Å²) in [5.74, 6) is -0.938. The van der Waals surface area contributed by atoms with Gasteiger partial charge >= 0.3 is 12.1 Å². The third-order valence-corrected chi connectivity index (χ3v) is 7.16. The largest absolute Gasteiger partial charge is 0.460 e. The number of aromatic nitrogens is 4. The number of nitrogens with zero attached hydrogens (tertiary/aromatic N) is 5. The van der Waals surface area contributed by atoms with E-state index in [-0.39, 0.29) is 36.5 Å². The lowest BCUT2D eigenvalue weighted by atomic mass is 9.98. The third-order valence-electron chi connectivity index (χ3n) is 6.20. The standard InChI is InChI=1S/C24H23ClF3N5O4S/c1-5-37-22(36)19-29-10-18(31(19)3)33-21(35)14-8-12(2)32(11-17(14)30-23(33)38-4)20(34)13-6-7-16(25)15(9-13)24(26,27)28/h6-7,9-10,12H,5,8,11H2,1-4H3/t12-/m1/s1. The van der Waals surface area contributed by atoms with Gasteiger partial charge in [0.2, 0.25) is 5.82 Å². The average molecular weight is 570 g/mol. The molecule has 1 amide bonds. The number of hydrogen-bond donors (Lipinski definition) is 0. The van der Waals surface area contributed by atoms with Gasteiger partial charge in [0.25, 0.3) is 11.5 Å². The molecule has 2 aromatic heterocycles. The summed E-state index contributed by atoms with van der Waals surface area (Å²) in [6.45, 7) is 3.47. The van der Waals surface area contributed by atoms with Crippen molar-refractivity contribution in [3.05, 3.63) is 68.0 Å². The van der Waals surface area contributed by atoms with Gasteiger partial charge in [0.15, 0.2) is 5.16 Å². The molecule has 14 heteroatoms. The summed E-state index contributed by atoms with van der Waals surface area (Å²) < 4.78 is 47.8. The van der Waals surface area contributed by atoms with Crippen LogP contribution in [0.25, 0.3) is 5.82 Å². The molecular formula is C24H23ClF3N5O4S. The Morgan fingerprint density at radius 2 is 2.00 bits per heavy atom. The number of halogens is 4. The highest BCUT2D eigenvalue weighted by molar-refractivity contribution is 7.98. The maximum absolute atomic E-state index is 13.6. The fourth-order valence-corrected chi connectivity index (χ4v) is 5.07. The lowest BCUT2D eigenvalue weighted by Gasteiger charge is -2.34. The van der Waals surface area contributed by atoms with Gasteiger partial charge in [-0.2, -0.15) is 13.2 Å². The number of carbonyl (C=O) groups excluding carboxylic acids is 2. The highest BCUT2D eigenvalue weighted by Gasteiger charge is 2.36. The van der Waals surface area contributed by atoms with Crippen LogP contribution in [-0.4, -0.2) is 54.8 Å². The number of amides is 1. The minimum Gasteiger partial charge on any atom is -0.460 e. The van der Waals surface area contributed by atoms with E-state index in [2.05, 4.69) is 9.97 Å². The molecule has 0 saturated heterocycles. The molecule has 0 bridgehead atoms. The zero-order valence-electron chi connectivity index (χ0n) is 20.8. The van der Waals surface area contributed by atoms with E-state index < -0.39 is 34.7 Å². The summed E-state index contributed by atoms with van der Waals surface area (Å²) in [6, 6.07) is 2.51. The second-order valence-corrected chi connectivity index (χ2v) is 9.74. The second kappa shape index (κ2) is 10.4. The maximum atomic E-state index is 13.6. The molecule has 3 aromatic rings. The number of alkyl halides is 3. The number of fused-ring (bicyclic) bond motifs is 1. The summed E-state index contributed by atoms with van der Waals surface area (Å²) in [5, 5.41) is -0.209. The number of carbonyl (C=O) groups is 2. The zero-order chi connectivity index (χ0) is 27.9. The fourth-order valence-electron chi connectivity index (χ4n) is 4.28. The first-order chi connectivity index (χ1) is 17.9. The van der Waals surface area contributed by atoms with Crippen molar-refractivity contribution in [1.82, 2.24) is 24.0 Å². The summed E-state index contributed by atoms with van der Waals surface area (Å²) in [5.41, 5.74) is -0.941. The minimum absolute atomic E-state index is 0.0184. The third kappa shape index (κ3) is 4.92. The molecule has 1 atom stereocenters. The van der Waals surface area contributed by atoms with Crippen molar-refractivity contribution in [3.63, 3.8) is 0 Å². The Morgan fingerprint density at radius 1 is 1.29 bits per heavy atom. The van der Waals surface area contributed by atoms with Gasteiger partial charge in [-0.05, 0) is 44.7 Å². The highest BCUT2D eigenvalue weighted by Crippen LogP contribution is 2.36. The van der Waals surface area contributed by atoms with Crippen LogP contribution in [0.5, 0.6) is 0 Å². The predicted octanol–water partition coefficient (Wildman–Crippen LogP) is 4.12. The van der Waals surface area contributed by atoms with Crippen molar-refractivity contribution in [2.45, 2.75) is 44.2 Å². The predicted molar refractivity (Wildman–Crippen MR) is 134 cm³/mol. The van der Waals surface area contributed by atoms with E-state index in [0.717, 1.165) is 12.1 Å². The molecule has 1 aliphatic rings. The van der Waals surface area contributed by atoms with Gasteiger partial charge in [-0.1, -0.05) is 23.4 Å². The van der Waals surface area contributed by atoms with Gasteiger partial charge in [0.05, 0.1) is 35.6 Å². The van der Waals surface area contributed by atoms with E-state index in [4.69, 9.17) is 16.3 Å². The van der Waals surface area contributed by atoms with E-state index in [1.165, 1.54) is 38.1 Å². The molecule has 3 heterocycles. The smallest absolute Gasteiger partial charge is 0.417 e. The normalized spacial score (nSPS) is 15.4. The number of hydrogen-bond acceptors (Lipinski definition) is 7. The molecule has 38 heavy (non-hydrogen) atoms. The minimum atomic E-state index is -4.72. The van der Waals surface area contributed by atoms with Crippen LogP contribution in [0.4, 0.5) is 13.2 Å². The van der Waals surface area contributed by atoms with E-state index in [1.54, 1.807) is 27.2 Å². The summed E-state index contributed by atoms with van der Waals surface area (Å²) >= 11 is 6.88. The van der Waals surface area contributed by atoms with Gasteiger partial charge in [0, 0.05) is 24.2 Å². The van der Waals surface area contributed by atoms with E-state index in [0.29, 0.717) is 22.2 Å². The summed E-state index contributed by atoms with van der Waals surface area (Å²) in [6.07, 6.45) is -1.49. The van der Waals surface area contributed by atoms with Crippen molar-refractivity contribution < 1.29 is 27.5 Å². The number of ether oxygens (including phenoxy) is 1. The first-order valence-corrected chi connectivity index (χ1v) is 13.0. The van der Waals surface area contributed by atoms with E-state index in [9.17, 15) is 27.6 Å². The van der Waals surface area contributed by atoms with Crippen molar-refractivity contribution in [3.8, 4) is 5.82 Å². The number of rotatable bonds is 5. The molecule has 0 spiro atoms. The van der Waals surface area contributed by atoms with Crippen LogP contribution in [0.2, 0.25) is 5.02 Å². The van der Waals surface area contributed by atoms with Gasteiger partial charge in [0.1, 0.15) is 5.82 Å². The van der Waals surface area contributed by atoms with Crippen LogP contribution in [-0.2, 0) is 30.9 Å². The number of thioether (sulfide) groups is 1. The van der Waals surface area contributed by atoms with E-state index in [1.807, 2.05) is 0 Å². The average Bonchev–Trinajstić information content (AvgIpc) is 3.24. The van der Waals surface area contributed by atoms with Crippen molar-refractivity contribution in [1.29, 1.82) is 0 Å². The van der Waals surface area contributed by atoms with Crippen LogP contribution in [0.3, 0.4) is 0 Å². The molecule has 4 rings (SSSR count). The van der Waals surface area contributed by atoms with Gasteiger partial charge in [-0.25, -0.2) is 19.3 Å². The molecule has 0 N–H and O–H groups in total. The lowest BCUT2D eigenvalue weighted by Crippen LogP contribution is -2.46. The lowest BCUT2D eigenvalue weighted by molar-refractivity contribution is -0.137.